The highest BCUT2D eigenvalue weighted by Crippen LogP contribution is 2.30. The van der Waals surface area contributed by atoms with E-state index in [0.717, 1.165) is 19.6 Å². The molecule has 5 nitrogen and oxygen atoms in total. The van der Waals surface area contributed by atoms with E-state index in [-0.39, 0.29) is 10.6 Å². The van der Waals surface area contributed by atoms with E-state index in [9.17, 15) is 4.79 Å². The lowest BCUT2D eigenvalue weighted by molar-refractivity contribution is 0.0697. The zero-order valence-corrected chi connectivity index (χ0v) is 12.0. The van der Waals surface area contributed by atoms with Crippen molar-refractivity contribution < 1.29 is 9.90 Å². The van der Waals surface area contributed by atoms with Crippen LogP contribution in [0, 0.1) is 0 Å². The smallest absolute Gasteiger partial charge is 0.337 e. The molecule has 20 heavy (non-hydrogen) atoms. The number of carboxylic acid groups (broad SMARTS) is 1. The second-order valence-corrected chi connectivity index (χ2v) is 5.81. The minimum atomic E-state index is -1.00. The number of hydrogen-bond acceptors (Lipinski definition) is 4. The third-order valence-corrected chi connectivity index (χ3v) is 4.61. The number of carboxylic acids is 1. The quantitative estimate of drug-likeness (QED) is 0.905. The van der Waals surface area contributed by atoms with Gasteiger partial charge in [-0.2, -0.15) is 0 Å². The molecule has 6 heteroatoms. The van der Waals surface area contributed by atoms with E-state index in [2.05, 4.69) is 14.8 Å². The Labute approximate surface area is 123 Å². The van der Waals surface area contributed by atoms with Crippen molar-refractivity contribution in [3.63, 3.8) is 0 Å². The van der Waals surface area contributed by atoms with Gasteiger partial charge in [0.05, 0.1) is 10.6 Å². The van der Waals surface area contributed by atoms with Crippen LogP contribution in [0.25, 0.3) is 0 Å². The van der Waals surface area contributed by atoms with Gasteiger partial charge in [-0.05, 0) is 25.5 Å². The molecule has 0 saturated carbocycles. The first-order valence-corrected chi connectivity index (χ1v) is 7.41. The van der Waals surface area contributed by atoms with Crippen LogP contribution in [0.15, 0.2) is 12.3 Å². The summed E-state index contributed by atoms with van der Waals surface area (Å²) >= 11 is 6.21. The Morgan fingerprint density at radius 2 is 2.20 bits per heavy atom. The number of rotatable bonds is 2. The number of carbonyl (C=O) groups is 1. The lowest BCUT2D eigenvalue weighted by Gasteiger charge is -2.44. The molecule has 1 aromatic heterocycles. The molecule has 0 amide bonds. The maximum absolute atomic E-state index is 11.1. The summed E-state index contributed by atoms with van der Waals surface area (Å²) in [6, 6.07) is 1.99. The Morgan fingerprint density at radius 3 is 3.00 bits per heavy atom. The molecule has 2 aliphatic rings. The van der Waals surface area contributed by atoms with Crippen LogP contribution in [0.5, 0.6) is 0 Å². The molecule has 108 valence electrons. The number of piperazine rings is 1. The van der Waals surface area contributed by atoms with Crippen molar-refractivity contribution in [2.24, 2.45) is 0 Å². The van der Waals surface area contributed by atoms with Gasteiger partial charge in [0.25, 0.3) is 0 Å². The van der Waals surface area contributed by atoms with Crippen LogP contribution in [0.2, 0.25) is 5.02 Å². The SMILES string of the molecule is O=C(O)c1ccnc(N2CCN3CCCCC3C2)c1Cl. The molecule has 1 aromatic rings. The number of piperidine rings is 1. The van der Waals surface area contributed by atoms with Gasteiger partial charge in [0.1, 0.15) is 5.82 Å². The summed E-state index contributed by atoms with van der Waals surface area (Å²) in [6.07, 6.45) is 5.28. The topological polar surface area (TPSA) is 56.7 Å². The van der Waals surface area contributed by atoms with Crippen LogP contribution in [-0.4, -0.2) is 53.2 Å². The minimum Gasteiger partial charge on any atom is -0.478 e. The normalized spacial score (nSPS) is 23.4. The third-order valence-electron chi connectivity index (χ3n) is 4.24. The van der Waals surface area contributed by atoms with Crippen molar-refractivity contribution in [1.82, 2.24) is 9.88 Å². The molecule has 0 spiro atoms. The average Bonchev–Trinajstić information content (AvgIpc) is 2.46. The van der Waals surface area contributed by atoms with Crippen molar-refractivity contribution in [3.8, 4) is 0 Å². The summed E-state index contributed by atoms with van der Waals surface area (Å²) in [5.74, 6) is -0.397. The van der Waals surface area contributed by atoms with Crippen LogP contribution in [0.4, 0.5) is 5.82 Å². The fourth-order valence-corrected chi connectivity index (χ4v) is 3.48. The summed E-state index contributed by atoms with van der Waals surface area (Å²) in [7, 11) is 0. The molecule has 2 fully saturated rings. The second kappa shape index (κ2) is 5.58. The molecule has 2 saturated heterocycles. The number of hydrogen-bond donors (Lipinski definition) is 1. The molecular weight excluding hydrogens is 278 g/mol. The number of pyridine rings is 1. The highest BCUT2D eigenvalue weighted by atomic mass is 35.5. The molecule has 3 heterocycles. The van der Waals surface area contributed by atoms with Crippen LogP contribution in [0.1, 0.15) is 29.6 Å². The van der Waals surface area contributed by atoms with Gasteiger partial charge in [-0.1, -0.05) is 18.0 Å². The number of nitrogens with zero attached hydrogens (tertiary/aromatic N) is 3. The first-order valence-electron chi connectivity index (χ1n) is 7.03. The average molecular weight is 296 g/mol. The van der Waals surface area contributed by atoms with Gasteiger partial charge in [0.15, 0.2) is 0 Å². The van der Waals surface area contributed by atoms with E-state index in [1.165, 1.54) is 38.1 Å². The summed E-state index contributed by atoms with van der Waals surface area (Å²) < 4.78 is 0. The third kappa shape index (κ3) is 2.47. The molecule has 0 bridgehead atoms. The molecule has 1 atom stereocenters. The molecule has 0 radical (unpaired) electrons. The fourth-order valence-electron chi connectivity index (χ4n) is 3.17. The Hall–Kier alpha value is -1.33. The van der Waals surface area contributed by atoms with E-state index in [4.69, 9.17) is 16.7 Å². The maximum Gasteiger partial charge on any atom is 0.337 e. The summed E-state index contributed by atoms with van der Waals surface area (Å²) in [6.45, 7) is 3.91. The maximum atomic E-state index is 11.1. The second-order valence-electron chi connectivity index (χ2n) is 5.43. The van der Waals surface area contributed by atoms with Gasteiger partial charge in [-0.25, -0.2) is 9.78 Å². The highest BCUT2D eigenvalue weighted by Gasteiger charge is 2.30. The fraction of sp³-hybridized carbons (Fsp3) is 0.571. The number of halogens is 1. The molecule has 0 aliphatic carbocycles. The summed E-state index contributed by atoms with van der Waals surface area (Å²) in [5, 5.41) is 9.39. The lowest BCUT2D eigenvalue weighted by Crippen LogP contribution is -2.55. The van der Waals surface area contributed by atoms with Crippen LogP contribution in [-0.2, 0) is 0 Å². The Bertz CT molecular complexity index is 523. The van der Waals surface area contributed by atoms with Crippen molar-refractivity contribution in [3.05, 3.63) is 22.8 Å². The number of fused-ring (bicyclic) bond motifs is 1. The lowest BCUT2D eigenvalue weighted by atomic mass is 9.99. The van der Waals surface area contributed by atoms with Crippen molar-refractivity contribution in [1.29, 1.82) is 0 Å². The Kier molecular flexibility index (Phi) is 3.81. The molecule has 0 aromatic carbocycles. The van der Waals surface area contributed by atoms with Gasteiger partial charge >= 0.3 is 5.97 Å². The molecular formula is C14H18ClN3O2. The number of aromatic nitrogens is 1. The largest absolute Gasteiger partial charge is 0.478 e. The van der Waals surface area contributed by atoms with Crippen LogP contribution < -0.4 is 4.90 Å². The van der Waals surface area contributed by atoms with Crippen LogP contribution >= 0.6 is 11.6 Å². The number of anilines is 1. The highest BCUT2D eigenvalue weighted by molar-refractivity contribution is 6.35. The van der Waals surface area contributed by atoms with E-state index in [1.54, 1.807) is 0 Å². The van der Waals surface area contributed by atoms with E-state index in [0.29, 0.717) is 11.9 Å². The van der Waals surface area contributed by atoms with Gasteiger partial charge in [-0.3, -0.25) is 4.90 Å². The van der Waals surface area contributed by atoms with E-state index >= 15 is 0 Å². The Morgan fingerprint density at radius 1 is 1.35 bits per heavy atom. The van der Waals surface area contributed by atoms with Crippen molar-refractivity contribution in [2.45, 2.75) is 25.3 Å². The van der Waals surface area contributed by atoms with Gasteiger partial charge < -0.3 is 10.0 Å². The van der Waals surface area contributed by atoms with E-state index in [1.807, 2.05) is 0 Å². The molecule has 3 rings (SSSR count). The number of aromatic carboxylic acids is 1. The Balaban J connectivity index is 1.83. The van der Waals surface area contributed by atoms with Crippen molar-refractivity contribution in [2.75, 3.05) is 31.1 Å². The first kappa shape index (κ1) is 13.6. The predicted molar refractivity (Wildman–Crippen MR) is 77.6 cm³/mol. The van der Waals surface area contributed by atoms with E-state index < -0.39 is 5.97 Å². The monoisotopic (exact) mass is 295 g/mol. The molecule has 1 unspecified atom stereocenters. The van der Waals surface area contributed by atoms with Gasteiger partial charge in [-0.15, -0.1) is 0 Å². The summed E-state index contributed by atoms with van der Waals surface area (Å²) in [4.78, 5) is 20.1. The van der Waals surface area contributed by atoms with Crippen LogP contribution in [0.3, 0.4) is 0 Å². The molecule has 2 aliphatic heterocycles. The molecule has 1 N–H and O–H groups in total. The predicted octanol–water partition coefficient (Wildman–Crippen LogP) is 2.11. The van der Waals surface area contributed by atoms with Crippen molar-refractivity contribution >= 4 is 23.4 Å². The van der Waals surface area contributed by atoms with Gasteiger partial charge in [0.2, 0.25) is 0 Å². The minimum absolute atomic E-state index is 0.128. The zero-order valence-electron chi connectivity index (χ0n) is 11.3. The first-order chi connectivity index (χ1) is 9.66. The zero-order chi connectivity index (χ0) is 14.1. The van der Waals surface area contributed by atoms with Gasteiger partial charge in [0, 0.05) is 31.9 Å². The standard InChI is InChI=1S/C14H18ClN3O2/c15-12-11(14(19)20)4-5-16-13(12)18-8-7-17-6-2-1-3-10(17)9-18/h4-5,10H,1-3,6-9H2,(H,19,20). The summed E-state index contributed by atoms with van der Waals surface area (Å²) in [5.41, 5.74) is 0.128.